The van der Waals surface area contributed by atoms with Crippen LogP contribution in [0.5, 0.6) is 0 Å². The summed E-state index contributed by atoms with van der Waals surface area (Å²) in [5.74, 6) is 0.755. The van der Waals surface area contributed by atoms with E-state index < -0.39 is 0 Å². The summed E-state index contributed by atoms with van der Waals surface area (Å²) >= 11 is 3.53. The van der Waals surface area contributed by atoms with Gasteiger partial charge in [-0.1, -0.05) is 47.1 Å². The number of aryl methyl sites for hydroxylation is 1. The Bertz CT molecular complexity index is 364. The van der Waals surface area contributed by atoms with Gasteiger partial charge in [0.15, 0.2) is 0 Å². The third-order valence-electron chi connectivity index (χ3n) is 4.03. The molecule has 0 bridgehead atoms. The van der Waals surface area contributed by atoms with Gasteiger partial charge < -0.3 is 4.90 Å². The smallest absolute Gasteiger partial charge is 0.00503 e. The number of benzene rings is 1. The second-order valence-corrected chi connectivity index (χ2v) is 6.02. The monoisotopic (exact) mass is 309 g/mol. The molecule has 1 atom stereocenters. The molecule has 100 valence electrons. The Balaban J connectivity index is 2.01. The second kappa shape index (κ2) is 7.30. The first-order valence-corrected chi connectivity index (χ1v) is 8.33. The Labute approximate surface area is 120 Å². The highest BCUT2D eigenvalue weighted by Gasteiger charge is 2.21. The van der Waals surface area contributed by atoms with E-state index >= 15 is 0 Å². The molecule has 0 aromatic heterocycles. The molecule has 0 aliphatic heterocycles. The molecule has 0 heterocycles. The van der Waals surface area contributed by atoms with Crippen molar-refractivity contribution >= 4 is 15.9 Å². The standard InChI is InChI=1S/C16H24BrN/c1-2-18(12-6-11-17)13-15-9-5-8-14-7-3-4-10-16(14)15/h3-4,7,10,15H,2,5-6,8-9,11-13H2,1H3. The van der Waals surface area contributed by atoms with Crippen molar-refractivity contribution in [2.24, 2.45) is 0 Å². The molecular weight excluding hydrogens is 286 g/mol. The van der Waals surface area contributed by atoms with Crippen LogP contribution >= 0.6 is 15.9 Å². The van der Waals surface area contributed by atoms with Gasteiger partial charge in [0.1, 0.15) is 0 Å². The average molecular weight is 310 g/mol. The second-order valence-electron chi connectivity index (χ2n) is 5.22. The topological polar surface area (TPSA) is 3.24 Å². The lowest BCUT2D eigenvalue weighted by Crippen LogP contribution is -2.31. The highest BCUT2D eigenvalue weighted by molar-refractivity contribution is 9.09. The lowest BCUT2D eigenvalue weighted by molar-refractivity contribution is 0.261. The molecule has 0 saturated heterocycles. The minimum absolute atomic E-state index is 0.755. The van der Waals surface area contributed by atoms with Crippen molar-refractivity contribution in [1.82, 2.24) is 4.90 Å². The van der Waals surface area contributed by atoms with E-state index in [9.17, 15) is 0 Å². The molecule has 1 unspecified atom stereocenters. The predicted molar refractivity (Wildman–Crippen MR) is 82.6 cm³/mol. The Hall–Kier alpha value is -0.340. The molecule has 1 aliphatic carbocycles. The van der Waals surface area contributed by atoms with Crippen molar-refractivity contribution in [2.45, 2.75) is 38.5 Å². The molecule has 2 rings (SSSR count). The molecule has 1 aromatic carbocycles. The van der Waals surface area contributed by atoms with Crippen LogP contribution in [0.15, 0.2) is 24.3 Å². The van der Waals surface area contributed by atoms with Crippen LogP contribution in [0.1, 0.15) is 43.2 Å². The van der Waals surface area contributed by atoms with Gasteiger partial charge in [-0.3, -0.25) is 0 Å². The van der Waals surface area contributed by atoms with E-state index in [0.717, 1.165) is 11.2 Å². The van der Waals surface area contributed by atoms with Gasteiger partial charge in [-0.15, -0.1) is 0 Å². The number of alkyl halides is 1. The third kappa shape index (κ3) is 3.58. The van der Waals surface area contributed by atoms with Crippen LogP contribution in [0.4, 0.5) is 0 Å². The summed E-state index contributed by atoms with van der Waals surface area (Å²) in [6.45, 7) is 5.91. The van der Waals surface area contributed by atoms with Gasteiger partial charge in [0.2, 0.25) is 0 Å². The lowest BCUT2D eigenvalue weighted by Gasteiger charge is -2.30. The molecule has 0 fully saturated rings. The number of fused-ring (bicyclic) bond motifs is 1. The molecule has 18 heavy (non-hydrogen) atoms. The minimum Gasteiger partial charge on any atom is -0.303 e. The summed E-state index contributed by atoms with van der Waals surface area (Å²) < 4.78 is 0. The van der Waals surface area contributed by atoms with Gasteiger partial charge in [0.05, 0.1) is 0 Å². The zero-order chi connectivity index (χ0) is 12.8. The molecule has 0 spiro atoms. The fraction of sp³-hybridized carbons (Fsp3) is 0.625. The first-order chi connectivity index (χ1) is 8.85. The van der Waals surface area contributed by atoms with Crippen LogP contribution < -0.4 is 0 Å². The highest BCUT2D eigenvalue weighted by atomic mass is 79.9. The molecule has 1 aromatic rings. The van der Waals surface area contributed by atoms with Gasteiger partial charge in [-0.25, -0.2) is 0 Å². The van der Waals surface area contributed by atoms with Gasteiger partial charge >= 0.3 is 0 Å². The third-order valence-corrected chi connectivity index (χ3v) is 4.59. The zero-order valence-electron chi connectivity index (χ0n) is 11.4. The molecule has 0 saturated carbocycles. The number of likely N-dealkylation sites (N-methyl/N-ethyl adjacent to an activating group) is 1. The molecule has 1 nitrogen and oxygen atoms in total. The van der Waals surface area contributed by atoms with Crippen LogP contribution in [0.2, 0.25) is 0 Å². The molecule has 1 aliphatic rings. The van der Waals surface area contributed by atoms with Crippen LogP contribution in [0.3, 0.4) is 0 Å². The molecule has 0 radical (unpaired) electrons. The van der Waals surface area contributed by atoms with Crippen molar-refractivity contribution in [3.8, 4) is 0 Å². The minimum atomic E-state index is 0.755. The Morgan fingerprint density at radius 2 is 2.17 bits per heavy atom. The number of hydrogen-bond acceptors (Lipinski definition) is 1. The SMILES string of the molecule is CCN(CCCBr)CC1CCCc2ccccc21. The predicted octanol–water partition coefficient (Wildman–Crippen LogP) is 4.21. The Morgan fingerprint density at radius 3 is 2.94 bits per heavy atom. The lowest BCUT2D eigenvalue weighted by atomic mass is 9.82. The van der Waals surface area contributed by atoms with Crippen molar-refractivity contribution < 1.29 is 0 Å². The quantitative estimate of drug-likeness (QED) is 0.711. The van der Waals surface area contributed by atoms with Crippen LogP contribution in [0.25, 0.3) is 0 Å². The van der Waals surface area contributed by atoms with Gasteiger partial charge in [0, 0.05) is 11.9 Å². The summed E-state index contributed by atoms with van der Waals surface area (Å²) in [7, 11) is 0. The fourth-order valence-electron chi connectivity index (χ4n) is 3.02. The zero-order valence-corrected chi connectivity index (χ0v) is 13.0. The summed E-state index contributed by atoms with van der Waals surface area (Å²) in [6, 6.07) is 9.04. The van der Waals surface area contributed by atoms with Crippen molar-refractivity contribution in [3.05, 3.63) is 35.4 Å². The summed E-state index contributed by atoms with van der Waals surface area (Å²) in [4.78, 5) is 2.61. The van der Waals surface area contributed by atoms with Gasteiger partial charge in [-0.2, -0.15) is 0 Å². The van der Waals surface area contributed by atoms with E-state index in [-0.39, 0.29) is 0 Å². The molecular formula is C16H24BrN. The van der Waals surface area contributed by atoms with E-state index in [2.05, 4.69) is 52.0 Å². The van der Waals surface area contributed by atoms with E-state index in [1.165, 1.54) is 45.3 Å². The normalized spacial score (nSPS) is 18.9. The molecule has 2 heteroatoms. The van der Waals surface area contributed by atoms with Gasteiger partial charge in [-0.05, 0) is 55.8 Å². The summed E-state index contributed by atoms with van der Waals surface area (Å²) in [5.41, 5.74) is 3.20. The molecule has 0 amide bonds. The van der Waals surface area contributed by atoms with E-state index in [0.29, 0.717) is 0 Å². The maximum absolute atomic E-state index is 3.53. The van der Waals surface area contributed by atoms with E-state index in [1.807, 2.05) is 0 Å². The summed E-state index contributed by atoms with van der Waals surface area (Å²) in [5, 5.41) is 1.12. The number of nitrogens with zero attached hydrogens (tertiary/aromatic N) is 1. The summed E-state index contributed by atoms with van der Waals surface area (Å²) in [6.07, 6.45) is 5.25. The maximum atomic E-state index is 3.53. The number of rotatable bonds is 6. The molecule has 0 N–H and O–H groups in total. The van der Waals surface area contributed by atoms with Crippen LogP contribution in [-0.2, 0) is 6.42 Å². The number of halogens is 1. The van der Waals surface area contributed by atoms with Crippen molar-refractivity contribution in [1.29, 1.82) is 0 Å². The Morgan fingerprint density at radius 1 is 1.33 bits per heavy atom. The first kappa shape index (κ1) is 14.1. The van der Waals surface area contributed by atoms with Crippen molar-refractivity contribution in [2.75, 3.05) is 25.0 Å². The Kier molecular flexibility index (Phi) is 5.71. The average Bonchev–Trinajstić information content (AvgIpc) is 2.43. The number of hydrogen-bond donors (Lipinski definition) is 0. The first-order valence-electron chi connectivity index (χ1n) is 7.21. The maximum Gasteiger partial charge on any atom is 0.00503 e. The van der Waals surface area contributed by atoms with Crippen LogP contribution in [-0.4, -0.2) is 29.9 Å². The van der Waals surface area contributed by atoms with E-state index in [1.54, 1.807) is 11.1 Å². The van der Waals surface area contributed by atoms with Crippen molar-refractivity contribution in [3.63, 3.8) is 0 Å². The van der Waals surface area contributed by atoms with E-state index in [4.69, 9.17) is 0 Å². The van der Waals surface area contributed by atoms with Gasteiger partial charge in [0.25, 0.3) is 0 Å². The van der Waals surface area contributed by atoms with Crippen LogP contribution in [0, 0.1) is 0 Å². The highest BCUT2D eigenvalue weighted by Crippen LogP contribution is 2.31. The largest absolute Gasteiger partial charge is 0.303 e. The fourth-order valence-corrected chi connectivity index (χ4v) is 3.27.